The highest BCUT2D eigenvalue weighted by atomic mass is 16.6. The van der Waals surface area contributed by atoms with Gasteiger partial charge in [0.1, 0.15) is 5.60 Å². The maximum Gasteiger partial charge on any atom is 0.410 e. The van der Waals surface area contributed by atoms with Crippen LogP contribution in [0.4, 0.5) is 4.79 Å². The first kappa shape index (κ1) is 13.1. The Morgan fingerprint density at radius 1 is 1.41 bits per heavy atom. The van der Waals surface area contributed by atoms with E-state index in [1.807, 2.05) is 0 Å². The minimum atomic E-state index is -1.09. The van der Waals surface area contributed by atoms with Crippen molar-refractivity contribution in [2.24, 2.45) is 0 Å². The quantitative estimate of drug-likeness (QED) is 0.697. The zero-order chi connectivity index (χ0) is 13.2. The molecule has 0 radical (unpaired) electrons. The van der Waals surface area contributed by atoms with E-state index < -0.39 is 17.7 Å². The van der Waals surface area contributed by atoms with Crippen LogP contribution >= 0.6 is 0 Å². The summed E-state index contributed by atoms with van der Waals surface area (Å²) < 4.78 is 5.14. The van der Waals surface area contributed by atoms with Gasteiger partial charge in [-0.15, -0.1) is 6.42 Å². The van der Waals surface area contributed by atoms with Crippen molar-refractivity contribution in [3.63, 3.8) is 0 Å². The highest BCUT2D eigenvalue weighted by molar-refractivity contribution is 5.91. The van der Waals surface area contributed by atoms with Crippen molar-refractivity contribution in [2.75, 3.05) is 13.1 Å². The zero-order valence-corrected chi connectivity index (χ0v) is 10.1. The first-order chi connectivity index (χ1) is 7.74. The molecule has 92 valence electrons. The van der Waals surface area contributed by atoms with Gasteiger partial charge in [0, 0.05) is 5.57 Å². The van der Waals surface area contributed by atoms with E-state index in [1.165, 1.54) is 4.90 Å². The highest BCUT2D eigenvalue weighted by Gasteiger charge is 2.31. The van der Waals surface area contributed by atoms with Gasteiger partial charge in [0.25, 0.3) is 0 Å². The molecule has 1 N–H and O–H groups in total. The van der Waals surface area contributed by atoms with Crippen molar-refractivity contribution in [1.82, 2.24) is 4.90 Å². The number of rotatable bonds is 1. The molecular formula is C12H15NO4. The second kappa shape index (κ2) is 4.50. The van der Waals surface area contributed by atoms with E-state index in [2.05, 4.69) is 5.92 Å². The fourth-order valence-corrected chi connectivity index (χ4v) is 1.41. The molecule has 1 heterocycles. The van der Waals surface area contributed by atoms with E-state index in [1.54, 1.807) is 20.8 Å². The van der Waals surface area contributed by atoms with Crippen molar-refractivity contribution in [2.45, 2.75) is 26.4 Å². The van der Waals surface area contributed by atoms with Gasteiger partial charge in [-0.05, 0) is 20.8 Å². The summed E-state index contributed by atoms with van der Waals surface area (Å²) in [4.78, 5) is 23.9. The van der Waals surface area contributed by atoms with Crippen molar-refractivity contribution >= 4 is 12.1 Å². The van der Waals surface area contributed by atoms with Crippen LogP contribution in [-0.4, -0.2) is 40.8 Å². The standard InChI is InChI=1S/C12H15NO4/c1-5-8-6-13(7-9(8)10(14)15)11(16)17-12(2,3)4/h1H,6-7H2,2-4H3,(H,14,15). The largest absolute Gasteiger partial charge is 0.478 e. The van der Waals surface area contributed by atoms with Crippen LogP contribution in [-0.2, 0) is 9.53 Å². The molecule has 5 heteroatoms. The summed E-state index contributed by atoms with van der Waals surface area (Å²) in [6, 6.07) is 0. The molecule has 0 aromatic carbocycles. The number of amides is 1. The Balaban J connectivity index is 2.74. The Morgan fingerprint density at radius 2 is 2.00 bits per heavy atom. The van der Waals surface area contributed by atoms with Gasteiger partial charge in [-0.25, -0.2) is 9.59 Å². The minimum absolute atomic E-state index is 0.0101. The van der Waals surface area contributed by atoms with Crippen molar-refractivity contribution in [3.05, 3.63) is 11.1 Å². The van der Waals surface area contributed by atoms with Crippen LogP contribution in [0.2, 0.25) is 0 Å². The van der Waals surface area contributed by atoms with E-state index in [4.69, 9.17) is 16.3 Å². The van der Waals surface area contributed by atoms with E-state index in [0.717, 1.165) is 0 Å². The number of hydrogen-bond donors (Lipinski definition) is 1. The Morgan fingerprint density at radius 3 is 2.35 bits per heavy atom. The third-order valence-electron chi connectivity index (χ3n) is 2.15. The molecule has 0 aromatic heterocycles. The highest BCUT2D eigenvalue weighted by Crippen LogP contribution is 2.20. The first-order valence-corrected chi connectivity index (χ1v) is 5.14. The normalized spacial score (nSPS) is 15.8. The lowest BCUT2D eigenvalue weighted by Gasteiger charge is -2.24. The number of terminal acetylenes is 1. The smallest absolute Gasteiger partial charge is 0.410 e. The molecule has 1 aliphatic rings. The molecule has 0 spiro atoms. The third-order valence-corrected chi connectivity index (χ3v) is 2.15. The minimum Gasteiger partial charge on any atom is -0.478 e. The number of carboxylic acid groups (broad SMARTS) is 1. The maximum atomic E-state index is 11.7. The molecule has 1 rings (SSSR count). The predicted octanol–water partition coefficient (Wildman–Crippen LogP) is 1.25. The summed E-state index contributed by atoms with van der Waals surface area (Å²) >= 11 is 0. The van der Waals surface area contributed by atoms with Crippen LogP contribution in [0.15, 0.2) is 11.1 Å². The number of carbonyl (C=O) groups excluding carboxylic acids is 1. The van der Waals surface area contributed by atoms with E-state index >= 15 is 0 Å². The van der Waals surface area contributed by atoms with E-state index in [-0.39, 0.29) is 18.7 Å². The number of ether oxygens (including phenoxy) is 1. The van der Waals surface area contributed by atoms with Gasteiger partial charge >= 0.3 is 12.1 Å². The first-order valence-electron chi connectivity index (χ1n) is 5.14. The third kappa shape index (κ3) is 3.25. The summed E-state index contributed by atoms with van der Waals surface area (Å²) in [5.41, 5.74) is -0.207. The van der Waals surface area contributed by atoms with Crippen molar-refractivity contribution in [3.8, 4) is 12.3 Å². The monoisotopic (exact) mass is 237 g/mol. The molecule has 17 heavy (non-hydrogen) atoms. The lowest BCUT2D eigenvalue weighted by Crippen LogP contribution is -2.36. The molecule has 0 unspecified atom stereocenters. The number of carboxylic acids is 1. The Bertz CT molecular complexity index is 423. The van der Waals surface area contributed by atoms with Crippen LogP contribution in [0.1, 0.15) is 20.8 Å². The van der Waals surface area contributed by atoms with Gasteiger partial charge in [0.2, 0.25) is 0 Å². The topological polar surface area (TPSA) is 66.8 Å². The van der Waals surface area contributed by atoms with Gasteiger partial charge < -0.3 is 9.84 Å². The van der Waals surface area contributed by atoms with Crippen LogP contribution in [0.5, 0.6) is 0 Å². The SMILES string of the molecule is C#CC1=C(C(=O)O)CN(C(=O)OC(C)(C)C)C1. The van der Waals surface area contributed by atoms with Gasteiger partial charge in [0.05, 0.1) is 18.7 Å². The van der Waals surface area contributed by atoms with Crippen molar-refractivity contribution in [1.29, 1.82) is 0 Å². The van der Waals surface area contributed by atoms with Gasteiger partial charge in [-0.1, -0.05) is 5.92 Å². The van der Waals surface area contributed by atoms with Crippen LogP contribution in [0, 0.1) is 12.3 Å². The van der Waals surface area contributed by atoms with E-state index in [9.17, 15) is 9.59 Å². The summed E-state index contributed by atoms with van der Waals surface area (Å²) in [5, 5.41) is 8.91. The number of carbonyl (C=O) groups is 2. The Hall–Kier alpha value is -1.96. The number of aliphatic carboxylic acids is 1. The van der Waals surface area contributed by atoms with Crippen molar-refractivity contribution < 1.29 is 19.4 Å². The lowest BCUT2D eigenvalue weighted by molar-refractivity contribution is -0.132. The maximum absolute atomic E-state index is 11.7. The molecule has 0 atom stereocenters. The summed E-state index contributed by atoms with van der Waals surface area (Å²) in [6.07, 6.45) is 4.65. The molecule has 0 saturated heterocycles. The zero-order valence-electron chi connectivity index (χ0n) is 10.1. The molecule has 0 fully saturated rings. The molecule has 0 bridgehead atoms. The fourth-order valence-electron chi connectivity index (χ4n) is 1.41. The van der Waals surface area contributed by atoms with E-state index in [0.29, 0.717) is 5.57 Å². The van der Waals surface area contributed by atoms with Gasteiger partial charge in [-0.2, -0.15) is 0 Å². The van der Waals surface area contributed by atoms with Gasteiger partial charge in [-0.3, -0.25) is 4.90 Å². The number of hydrogen-bond acceptors (Lipinski definition) is 3. The number of nitrogens with zero attached hydrogens (tertiary/aromatic N) is 1. The summed E-state index contributed by atoms with van der Waals surface area (Å²) in [7, 11) is 0. The summed E-state index contributed by atoms with van der Waals surface area (Å²) in [6.45, 7) is 5.34. The molecule has 0 saturated carbocycles. The second-order valence-electron chi connectivity index (χ2n) is 4.74. The van der Waals surface area contributed by atoms with Crippen LogP contribution in [0.3, 0.4) is 0 Å². The molecule has 5 nitrogen and oxygen atoms in total. The average molecular weight is 237 g/mol. The Kier molecular flexibility index (Phi) is 3.47. The lowest BCUT2D eigenvalue weighted by atomic mass is 10.2. The molecule has 1 aliphatic heterocycles. The van der Waals surface area contributed by atoms with Crippen LogP contribution < -0.4 is 0 Å². The second-order valence-corrected chi connectivity index (χ2v) is 4.74. The molecule has 1 amide bonds. The molecular weight excluding hydrogens is 222 g/mol. The molecule has 0 aromatic rings. The molecule has 0 aliphatic carbocycles. The Labute approximate surface area is 100 Å². The van der Waals surface area contributed by atoms with Gasteiger partial charge in [0.15, 0.2) is 0 Å². The fraction of sp³-hybridized carbons (Fsp3) is 0.500. The predicted molar refractivity (Wildman–Crippen MR) is 61.3 cm³/mol. The summed E-state index contributed by atoms with van der Waals surface area (Å²) in [5.74, 6) is 1.20. The average Bonchev–Trinajstić information content (AvgIpc) is 2.58. The van der Waals surface area contributed by atoms with Crippen LogP contribution in [0.25, 0.3) is 0 Å².